The van der Waals surface area contributed by atoms with Crippen LogP contribution in [-0.2, 0) is 19.6 Å². The van der Waals surface area contributed by atoms with Crippen LogP contribution in [0.1, 0.15) is 28.9 Å². The topological polar surface area (TPSA) is 119 Å². The zero-order chi connectivity index (χ0) is 27.4. The Labute approximate surface area is 235 Å². The molecule has 3 heterocycles. The van der Waals surface area contributed by atoms with Crippen molar-refractivity contribution in [2.75, 3.05) is 51.2 Å². The smallest absolute Gasteiger partial charge is 0.261 e. The molecular formula is C24H29Cl2N5O5S2. The molecule has 1 atom stereocenters. The van der Waals surface area contributed by atoms with Crippen molar-refractivity contribution < 1.29 is 22.8 Å². The Balaban J connectivity index is 1.58. The number of nitrogens with one attached hydrogen (secondary N) is 2. The van der Waals surface area contributed by atoms with Crippen LogP contribution >= 0.6 is 34.5 Å². The van der Waals surface area contributed by atoms with Gasteiger partial charge in [0.15, 0.2) is 0 Å². The Morgan fingerprint density at radius 1 is 1.05 bits per heavy atom. The standard InChI is InChI=1S/C24H29Cl2N5O5S2/c1-29-11-13-30(14-12-29)24(34)16(15-27-23(33)18-8-9-20(25)37-18)28-38(35,36)19-6-4-5-17(22(19)26)31-10-3-2-7-21(31)32/h4-6,8-9,16,28H,2-3,7,10-15H2,1H3,(H,27,33)/t16-/m0/s1. The first-order chi connectivity index (χ1) is 18.1. The van der Waals surface area contributed by atoms with Gasteiger partial charge in [-0.15, -0.1) is 11.3 Å². The van der Waals surface area contributed by atoms with Gasteiger partial charge in [-0.2, -0.15) is 4.72 Å². The van der Waals surface area contributed by atoms with Gasteiger partial charge in [0.05, 0.1) is 19.9 Å². The lowest BCUT2D eigenvalue weighted by Gasteiger charge is -2.34. The van der Waals surface area contributed by atoms with E-state index in [9.17, 15) is 22.8 Å². The minimum atomic E-state index is -4.32. The molecule has 0 radical (unpaired) electrons. The summed E-state index contributed by atoms with van der Waals surface area (Å²) in [4.78, 5) is 43.7. The van der Waals surface area contributed by atoms with Crippen LogP contribution in [0, 0.1) is 0 Å². The zero-order valence-corrected chi connectivity index (χ0v) is 23.9. The number of piperidine rings is 1. The number of nitrogens with zero attached hydrogens (tertiary/aromatic N) is 3. The van der Waals surface area contributed by atoms with Gasteiger partial charge in [-0.1, -0.05) is 29.3 Å². The van der Waals surface area contributed by atoms with Crippen molar-refractivity contribution >= 4 is 68.0 Å². The minimum Gasteiger partial charge on any atom is -0.349 e. The molecule has 0 spiro atoms. The van der Waals surface area contributed by atoms with E-state index in [0.717, 1.165) is 24.2 Å². The monoisotopic (exact) mass is 601 g/mol. The molecule has 3 amide bonds. The van der Waals surface area contributed by atoms with Crippen molar-refractivity contribution in [3.63, 3.8) is 0 Å². The maximum absolute atomic E-state index is 13.5. The number of carbonyl (C=O) groups excluding carboxylic acids is 3. The lowest BCUT2D eigenvalue weighted by Crippen LogP contribution is -2.57. The van der Waals surface area contributed by atoms with E-state index in [4.69, 9.17) is 23.2 Å². The van der Waals surface area contributed by atoms with Gasteiger partial charge in [-0.05, 0) is 44.2 Å². The third-order valence-corrected chi connectivity index (χ3v) is 9.77. The van der Waals surface area contributed by atoms with Crippen molar-refractivity contribution in [2.24, 2.45) is 0 Å². The number of thiophene rings is 1. The van der Waals surface area contributed by atoms with E-state index in [0.29, 0.717) is 54.0 Å². The molecule has 2 fully saturated rings. The van der Waals surface area contributed by atoms with E-state index in [1.807, 2.05) is 7.05 Å². The molecule has 2 aromatic rings. The lowest BCUT2D eigenvalue weighted by atomic mass is 10.1. The fourth-order valence-electron chi connectivity index (χ4n) is 4.37. The number of hydrogen-bond acceptors (Lipinski definition) is 7. The number of halogens is 2. The summed E-state index contributed by atoms with van der Waals surface area (Å²) in [7, 11) is -2.38. The van der Waals surface area contributed by atoms with Crippen LogP contribution in [0.2, 0.25) is 9.36 Å². The van der Waals surface area contributed by atoms with Crippen molar-refractivity contribution in [3.05, 3.63) is 44.6 Å². The van der Waals surface area contributed by atoms with E-state index in [-0.39, 0.29) is 22.4 Å². The molecule has 206 valence electrons. The number of anilines is 1. The number of hydrogen-bond donors (Lipinski definition) is 2. The van der Waals surface area contributed by atoms with Crippen LogP contribution < -0.4 is 14.9 Å². The first kappa shape index (κ1) is 28.8. The SMILES string of the molecule is CN1CCN(C(=O)[C@H](CNC(=O)c2ccc(Cl)s2)NS(=O)(=O)c2cccc(N3CCCCC3=O)c2Cl)CC1. The Morgan fingerprint density at radius 2 is 1.79 bits per heavy atom. The van der Waals surface area contributed by atoms with Crippen LogP contribution in [-0.4, -0.2) is 88.3 Å². The normalized spacial score (nSPS) is 17.9. The number of likely N-dealkylation sites (N-methyl/N-ethyl adjacent to an activating group) is 1. The highest BCUT2D eigenvalue weighted by Gasteiger charge is 2.33. The zero-order valence-electron chi connectivity index (χ0n) is 20.8. The number of piperazine rings is 1. The summed E-state index contributed by atoms with van der Waals surface area (Å²) in [6.07, 6.45) is 1.92. The number of amides is 3. The van der Waals surface area contributed by atoms with Crippen molar-refractivity contribution in [1.29, 1.82) is 0 Å². The number of carbonyl (C=O) groups is 3. The third-order valence-electron chi connectivity index (χ3n) is 6.52. The average molecular weight is 603 g/mol. The molecular weight excluding hydrogens is 573 g/mol. The second-order valence-electron chi connectivity index (χ2n) is 9.21. The van der Waals surface area contributed by atoms with Crippen molar-refractivity contribution in [3.8, 4) is 0 Å². The van der Waals surface area contributed by atoms with Crippen LogP contribution in [0.3, 0.4) is 0 Å². The number of sulfonamides is 1. The van der Waals surface area contributed by atoms with Gasteiger partial charge in [0.25, 0.3) is 5.91 Å². The molecule has 14 heteroatoms. The van der Waals surface area contributed by atoms with E-state index in [1.54, 1.807) is 23.1 Å². The van der Waals surface area contributed by atoms with Gasteiger partial charge in [-0.3, -0.25) is 14.4 Å². The lowest BCUT2D eigenvalue weighted by molar-refractivity contribution is -0.134. The van der Waals surface area contributed by atoms with Crippen LogP contribution in [0.5, 0.6) is 0 Å². The number of rotatable bonds is 8. The second-order valence-corrected chi connectivity index (χ2v) is 13.0. The van der Waals surface area contributed by atoms with Crippen molar-refractivity contribution in [2.45, 2.75) is 30.2 Å². The molecule has 1 aromatic heterocycles. The molecule has 4 rings (SSSR count). The summed E-state index contributed by atoms with van der Waals surface area (Å²) in [5.41, 5.74) is 0.309. The molecule has 1 aromatic carbocycles. The fraction of sp³-hybridized carbons (Fsp3) is 0.458. The first-order valence-electron chi connectivity index (χ1n) is 12.2. The van der Waals surface area contributed by atoms with Crippen LogP contribution in [0.15, 0.2) is 35.2 Å². The quantitative estimate of drug-likeness (QED) is 0.479. The van der Waals surface area contributed by atoms with Gasteiger partial charge in [-0.25, -0.2) is 8.42 Å². The molecule has 0 unspecified atom stereocenters. The van der Waals surface area contributed by atoms with Crippen LogP contribution in [0.4, 0.5) is 5.69 Å². The van der Waals surface area contributed by atoms with E-state index in [1.165, 1.54) is 17.0 Å². The summed E-state index contributed by atoms with van der Waals surface area (Å²) in [6, 6.07) is 6.29. The third kappa shape index (κ3) is 6.67. The van der Waals surface area contributed by atoms with Gasteiger partial charge in [0.1, 0.15) is 10.9 Å². The van der Waals surface area contributed by atoms with Gasteiger partial charge < -0.3 is 20.0 Å². The second kappa shape index (κ2) is 12.3. The maximum atomic E-state index is 13.5. The molecule has 0 saturated carbocycles. The molecule has 38 heavy (non-hydrogen) atoms. The largest absolute Gasteiger partial charge is 0.349 e. The molecule has 2 aliphatic heterocycles. The average Bonchev–Trinajstić information content (AvgIpc) is 3.33. The summed E-state index contributed by atoms with van der Waals surface area (Å²) < 4.78 is 29.9. The van der Waals surface area contributed by atoms with Gasteiger partial charge in [0.2, 0.25) is 21.8 Å². The van der Waals surface area contributed by atoms with E-state index in [2.05, 4.69) is 14.9 Å². The molecule has 2 saturated heterocycles. The van der Waals surface area contributed by atoms with E-state index >= 15 is 0 Å². The van der Waals surface area contributed by atoms with Crippen LogP contribution in [0.25, 0.3) is 0 Å². The highest BCUT2D eigenvalue weighted by Crippen LogP contribution is 2.34. The Morgan fingerprint density at radius 3 is 2.45 bits per heavy atom. The highest BCUT2D eigenvalue weighted by atomic mass is 35.5. The Bertz CT molecular complexity index is 1310. The molecule has 0 aliphatic carbocycles. The summed E-state index contributed by atoms with van der Waals surface area (Å²) in [5, 5.41) is 2.54. The summed E-state index contributed by atoms with van der Waals surface area (Å²) >= 11 is 13.5. The highest BCUT2D eigenvalue weighted by molar-refractivity contribution is 7.89. The number of benzene rings is 1. The summed E-state index contributed by atoms with van der Waals surface area (Å²) in [6.45, 7) is 2.30. The summed E-state index contributed by atoms with van der Waals surface area (Å²) in [5.74, 6) is -1.05. The maximum Gasteiger partial charge on any atom is 0.261 e. The van der Waals surface area contributed by atoms with Gasteiger partial charge >= 0.3 is 0 Å². The fourth-order valence-corrected chi connectivity index (χ4v) is 7.15. The predicted molar refractivity (Wildman–Crippen MR) is 148 cm³/mol. The van der Waals surface area contributed by atoms with E-state index < -0.39 is 27.9 Å². The van der Waals surface area contributed by atoms with Gasteiger partial charge in [0, 0.05) is 45.7 Å². The first-order valence-corrected chi connectivity index (χ1v) is 15.2. The molecule has 2 aliphatic rings. The minimum absolute atomic E-state index is 0.0988. The molecule has 10 nitrogen and oxygen atoms in total. The Kier molecular flexibility index (Phi) is 9.32. The molecule has 2 N–H and O–H groups in total. The molecule has 0 bridgehead atoms. The van der Waals surface area contributed by atoms with Crippen molar-refractivity contribution in [1.82, 2.24) is 19.8 Å². The Hall–Kier alpha value is -2.22. The predicted octanol–water partition coefficient (Wildman–Crippen LogP) is 2.42.